The molecule has 3 heterocycles. The van der Waals surface area contributed by atoms with E-state index in [2.05, 4.69) is 9.88 Å². The molecule has 2 aromatic rings. The summed E-state index contributed by atoms with van der Waals surface area (Å²) < 4.78 is 5.13. The number of piperidine rings is 1. The molecule has 0 amide bonds. The van der Waals surface area contributed by atoms with Crippen LogP contribution in [0.3, 0.4) is 0 Å². The fourth-order valence-electron chi connectivity index (χ4n) is 4.26. The monoisotopic (exact) mass is 389 g/mol. The molecule has 146 valence electrons. The zero-order valence-corrected chi connectivity index (χ0v) is 16.7. The number of thiophene rings is 1. The van der Waals surface area contributed by atoms with Gasteiger partial charge in [0.1, 0.15) is 10.7 Å². The van der Waals surface area contributed by atoms with E-state index in [4.69, 9.17) is 9.72 Å². The molecule has 7 heteroatoms. The normalized spacial score (nSPS) is 19.0. The summed E-state index contributed by atoms with van der Waals surface area (Å²) in [7, 11) is 0. The number of aromatic nitrogens is 2. The summed E-state index contributed by atoms with van der Waals surface area (Å²) in [4.78, 5) is 36.9. The maximum absolute atomic E-state index is 12.7. The van der Waals surface area contributed by atoms with Gasteiger partial charge in [-0.15, -0.1) is 11.3 Å². The molecule has 1 fully saturated rings. The Morgan fingerprint density at radius 1 is 1.26 bits per heavy atom. The third-order valence-electron chi connectivity index (χ3n) is 5.70. The van der Waals surface area contributed by atoms with Crippen molar-refractivity contribution in [3.8, 4) is 0 Å². The second kappa shape index (κ2) is 8.10. The first kappa shape index (κ1) is 18.6. The SMILES string of the molecule is CCOC(=O)C1CCN(Cc2nc3sc4c(c3c(=O)[nH]2)CCCCC4)CC1. The zero-order chi connectivity index (χ0) is 18.8. The Morgan fingerprint density at radius 3 is 2.81 bits per heavy atom. The lowest BCUT2D eigenvalue weighted by Crippen LogP contribution is -2.37. The van der Waals surface area contributed by atoms with Gasteiger partial charge in [-0.2, -0.15) is 0 Å². The third-order valence-corrected chi connectivity index (χ3v) is 6.89. The lowest BCUT2D eigenvalue weighted by atomic mass is 9.97. The molecule has 4 rings (SSSR count). The molecule has 1 aliphatic carbocycles. The van der Waals surface area contributed by atoms with Gasteiger partial charge < -0.3 is 9.72 Å². The summed E-state index contributed by atoms with van der Waals surface area (Å²) in [6.45, 7) is 4.56. The van der Waals surface area contributed by atoms with Crippen molar-refractivity contribution in [3.05, 3.63) is 26.6 Å². The van der Waals surface area contributed by atoms with Crippen LogP contribution >= 0.6 is 11.3 Å². The molecule has 1 N–H and O–H groups in total. The number of ether oxygens (including phenoxy) is 1. The first-order chi connectivity index (χ1) is 13.2. The second-order valence-corrected chi connectivity index (χ2v) is 8.64. The molecule has 6 nitrogen and oxygen atoms in total. The minimum absolute atomic E-state index is 0.00337. The quantitative estimate of drug-likeness (QED) is 0.643. The molecule has 0 aromatic carbocycles. The lowest BCUT2D eigenvalue weighted by Gasteiger charge is -2.30. The standard InChI is InChI=1S/C20H27N3O3S/c1-2-26-20(25)13-8-10-23(11-9-13)12-16-21-18(24)17-14-6-4-3-5-7-15(14)27-19(17)22-16/h13H,2-12H2,1H3,(H,21,22,24). The first-order valence-electron chi connectivity index (χ1n) is 10.1. The number of H-pyrrole nitrogens is 1. The fraction of sp³-hybridized carbons (Fsp3) is 0.650. The highest BCUT2D eigenvalue weighted by Gasteiger charge is 2.26. The zero-order valence-electron chi connectivity index (χ0n) is 15.9. The Hall–Kier alpha value is -1.73. The number of esters is 1. The van der Waals surface area contributed by atoms with Crippen molar-refractivity contribution in [1.82, 2.24) is 14.9 Å². The number of aromatic amines is 1. The highest BCUT2D eigenvalue weighted by atomic mass is 32.1. The van der Waals surface area contributed by atoms with Crippen LogP contribution in [0.4, 0.5) is 0 Å². The number of nitrogens with one attached hydrogen (secondary N) is 1. The minimum atomic E-state index is -0.0785. The smallest absolute Gasteiger partial charge is 0.309 e. The van der Waals surface area contributed by atoms with Crippen LogP contribution in [0, 0.1) is 5.92 Å². The summed E-state index contributed by atoms with van der Waals surface area (Å²) in [6.07, 6.45) is 7.30. The van der Waals surface area contributed by atoms with Gasteiger partial charge in [-0.25, -0.2) is 4.98 Å². The molecular weight excluding hydrogens is 362 g/mol. The van der Waals surface area contributed by atoms with Gasteiger partial charge in [-0.05, 0) is 64.1 Å². The number of nitrogens with zero attached hydrogens (tertiary/aromatic N) is 2. The Labute approximate surface area is 162 Å². The van der Waals surface area contributed by atoms with Gasteiger partial charge in [-0.1, -0.05) is 6.42 Å². The van der Waals surface area contributed by atoms with Crippen molar-refractivity contribution in [2.75, 3.05) is 19.7 Å². The molecular formula is C20H27N3O3S. The largest absolute Gasteiger partial charge is 0.466 e. The summed E-state index contributed by atoms with van der Waals surface area (Å²) in [5.41, 5.74) is 1.25. The van der Waals surface area contributed by atoms with Crippen molar-refractivity contribution in [3.63, 3.8) is 0 Å². The van der Waals surface area contributed by atoms with E-state index in [-0.39, 0.29) is 17.4 Å². The van der Waals surface area contributed by atoms with Crippen LogP contribution in [-0.2, 0) is 28.9 Å². The highest BCUT2D eigenvalue weighted by Crippen LogP contribution is 2.33. The van der Waals surface area contributed by atoms with Gasteiger partial charge in [-0.3, -0.25) is 14.5 Å². The first-order valence-corrected chi connectivity index (χ1v) is 10.9. The van der Waals surface area contributed by atoms with E-state index in [0.717, 1.165) is 61.2 Å². The van der Waals surface area contributed by atoms with Crippen molar-refractivity contribution in [2.45, 2.75) is 58.4 Å². The van der Waals surface area contributed by atoms with Crippen LogP contribution in [0.1, 0.15) is 55.3 Å². The maximum Gasteiger partial charge on any atom is 0.309 e. The molecule has 0 saturated carbocycles. The van der Waals surface area contributed by atoms with E-state index in [9.17, 15) is 9.59 Å². The average Bonchev–Trinajstić information content (AvgIpc) is 2.84. The molecule has 0 spiro atoms. The highest BCUT2D eigenvalue weighted by molar-refractivity contribution is 7.18. The molecule has 0 radical (unpaired) electrons. The topological polar surface area (TPSA) is 75.3 Å². The summed E-state index contributed by atoms with van der Waals surface area (Å²) in [5, 5.41) is 0.821. The van der Waals surface area contributed by atoms with E-state index in [1.807, 2.05) is 6.92 Å². The Kier molecular flexibility index (Phi) is 5.59. The number of likely N-dealkylation sites (tertiary alicyclic amines) is 1. The molecule has 0 unspecified atom stereocenters. The Balaban J connectivity index is 1.47. The van der Waals surface area contributed by atoms with E-state index in [1.54, 1.807) is 11.3 Å². The number of aryl methyl sites for hydroxylation is 2. The molecule has 27 heavy (non-hydrogen) atoms. The van der Waals surface area contributed by atoms with Crippen LogP contribution in [-0.4, -0.2) is 40.5 Å². The van der Waals surface area contributed by atoms with E-state index in [0.29, 0.717) is 13.2 Å². The van der Waals surface area contributed by atoms with Crippen LogP contribution in [0.25, 0.3) is 10.2 Å². The molecule has 1 saturated heterocycles. The molecule has 0 atom stereocenters. The van der Waals surface area contributed by atoms with E-state index < -0.39 is 0 Å². The van der Waals surface area contributed by atoms with Crippen molar-refractivity contribution < 1.29 is 9.53 Å². The second-order valence-electron chi connectivity index (χ2n) is 7.56. The summed E-state index contributed by atoms with van der Waals surface area (Å²) >= 11 is 1.70. The van der Waals surface area contributed by atoms with Gasteiger partial charge >= 0.3 is 5.97 Å². The van der Waals surface area contributed by atoms with Crippen LogP contribution in [0.5, 0.6) is 0 Å². The van der Waals surface area contributed by atoms with Crippen molar-refractivity contribution in [2.24, 2.45) is 5.92 Å². The van der Waals surface area contributed by atoms with Gasteiger partial charge in [0.15, 0.2) is 0 Å². The van der Waals surface area contributed by atoms with E-state index in [1.165, 1.54) is 23.3 Å². The Morgan fingerprint density at radius 2 is 2.04 bits per heavy atom. The number of hydrogen-bond acceptors (Lipinski definition) is 6. The Bertz CT molecular complexity index is 880. The van der Waals surface area contributed by atoms with Gasteiger partial charge in [0.05, 0.1) is 24.5 Å². The van der Waals surface area contributed by atoms with Crippen LogP contribution < -0.4 is 5.56 Å². The average molecular weight is 390 g/mol. The van der Waals surface area contributed by atoms with Gasteiger partial charge in [0, 0.05) is 4.88 Å². The number of rotatable bonds is 4. The minimum Gasteiger partial charge on any atom is -0.466 e. The van der Waals surface area contributed by atoms with Crippen molar-refractivity contribution in [1.29, 1.82) is 0 Å². The van der Waals surface area contributed by atoms with Crippen LogP contribution in [0.15, 0.2) is 4.79 Å². The number of fused-ring (bicyclic) bond motifs is 3. The molecule has 0 bridgehead atoms. The molecule has 2 aliphatic rings. The van der Waals surface area contributed by atoms with Gasteiger partial charge in [0.25, 0.3) is 5.56 Å². The predicted octanol–water partition coefficient (Wildman–Crippen LogP) is 3.03. The third kappa shape index (κ3) is 3.94. The number of carbonyl (C=O) groups is 1. The maximum atomic E-state index is 12.7. The fourth-order valence-corrected chi connectivity index (χ4v) is 5.54. The number of carbonyl (C=O) groups excluding carboxylic acids is 1. The summed E-state index contributed by atoms with van der Waals surface area (Å²) in [5.74, 6) is 0.660. The van der Waals surface area contributed by atoms with Crippen molar-refractivity contribution >= 4 is 27.5 Å². The van der Waals surface area contributed by atoms with E-state index >= 15 is 0 Å². The summed E-state index contributed by atoms with van der Waals surface area (Å²) in [6, 6.07) is 0. The predicted molar refractivity (Wildman–Crippen MR) is 106 cm³/mol. The molecule has 2 aromatic heterocycles. The lowest BCUT2D eigenvalue weighted by molar-refractivity contribution is -0.149. The molecule has 1 aliphatic heterocycles. The van der Waals surface area contributed by atoms with Gasteiger partial charge in [0.2, 0.25) is 0 Å². The number of hydrogen-bond donors (Lipinski definition) is 1. The van der Waals surface area contributed by atoms with Crippen LogP contribution in [0.2, 0.25) is 0 Å².